The molecule has 0 saturated carbocycles. The molecule has 1 aromatic rings. The Labute approximate surface area is 79.6 Å². The third-order valence-corrected chi connectivity index (χ3v) is 3.28. The van der Waals surface area contributed by atoms with Gasteiger partial charge in [0.15, 0.2) is 0 Å². The minimum Gasteiger partial charge on any atom is -0.251 e. The first-order valence-electron chi connectivity index (χ1n) is 3.45. The molecule has 0 saturated heterocycles. The highest BCUT2D eigenvalue weighted by Crippen LogP contribution is 2.30. The summed E-state index contributed by atoms with van der Waals surface area (Å²) in [5.41, 5.74) is 1.25. The Kier molecular flexibility index (Phi) is 4.53. The van der Waals surface area contributed by atoms with Crippen LogP contribution in [-0.4, -0.2) is 11.2 Å². The van der Waals surface area contributed by atoms with Crippen molar-refractivity contribution in [3.05, 3.63) is 29.8 Å². The SMILES string of the molecule is Cc1ccc(SSCOO)cc1. The Balaban J connectivity index is 2.37. The lowest BCUT2D eigenvalue weighted by molar-refractivity contribution is -0.222. The van der Waals surface area contributed by atoms with Gasteiger partial charge in [0.1, 0.15) is 5.94 Å². The monoisotopic (exact) mass is 202 g/mol. The predicted octanol–water partition coefficient (Wildman–Crippen LogP) is 3.18. The molecule has 1 aromatic carbocycles. The Hall–Kier alpha value is -0.160. The lowest BCUT2D eigenvalue weighted by atomic mass is 10.2. The van der Waals surface area contributed by atoms with Crippen LogP contribution in [0.25, 0.3) is 0 Å². The van der Waals surface area contributed by atoms with Gasteiger partial charge in [-0.3, -0.25) is 5.26 Å². The van der Waals surface area contributed by atoms with E-state index in [9.17, 15) is 0 Å². The molecule has 0 aliphatic rings. The van der Waals surface area contributed by atoms with E-state index in [1.165, 1.54) is 21.3 Å². The molecule has 0 fully saturated rings. The molecule has 0 unspecified atom stereocenters. The third kappa shape index (κ3) is 3.49. The van der Waals surface area contributed by atoms with Gasteiger partial charge in [0, 0.05) is 4.90 Å². The maximum atomic E-state index is 8.05. The molecule has 0 amide bonds. The molecule has 0 aromatic heterocycles. The fourth-order valence-corrected chi connectivity index (χ4v) is 2.20. The van der Waals surface area contributed by atoms with Crippen molar-refractivity contribution in [2.75, 3.05) is 5.94 Å². The third-order valence-electron chi connectivity index (χ3n) is 1.28. The van der Waals surface area contributed by atoms with Gasteiger partial charge >= 0.3 is 0 Å². The first kappa shape index (κ1) is 9.92. The van der Waals surface area contributed by atoms with Crippen LogP contribution >= 0.6 is 21.6 Å². The Morgan fingerprint density at radius 1 is 1.33 bits per heavy atom. The zero-order valence-corrected chi connectivity index (χ0v) is 8.32. The van der Waals surface area contributed by atoms with Gasteiger partial charge in [-0.1, -0.05) is 39.3 Å². The van der Waals surface area contributed by atoms with Crippen molar-refractivity contribution in [1.29, 1.82) is 0 Å². The topological polar surface area (TPSA) is 29.5 Å². The van der Waals surface area contributed by atoms with E-state index >= 15 is 0 Å². The molecular formula is C8H10O2S2. The summed E-state index contributed by atoms with van der Waals surface area (Å²) in [4.78, 5) is 5.10. The van der Waals surface area contributed by atoms with Gasteiger partial charge < -0.3 is 0 Å². The average molecular weight is 202 g/mol. The van der Waals surface area contributed by atoms with E-state index in [4.69, 9.17) is 5.26 Å². The van der Waals surface area contributed by atoms with Crippen LogP contribution in [0.2, 0.25) is 0 Å². The molecule has 0 aliphatic carbocycles. The van der Waals surface area contributed by atoms with Crippen LogP contribution < -0.4 is 0 Å². The maximum absolute atomic E-state index is 8.05. The zero-order chi connectivity index (χ0) is 8.81. The number of benzene rings is 1. The van der Waals surface area contributed by atoms with Gasteiger partial charge in [0.2, 0.25) is 0 Å². The summed E-state index contributed by atoms with van der Waals surface area (Å²) in [6.45, 7) is 2.05. The van der Waals surface area contributed by atoms with Crippen molar-refractivity contribution in [3.63, 3.8) is 0 Å². The van der Waals surface area contributed by atoms with E-state index in [0.717, 1.165) is 0 Å². The van der Waals surface area contributed by atoms with Crippen molar-refractivity contribution < 1.29 is 10.1 Å². The Bertz CT molecular complexity index is 223. The van der Waals surface area contributed by atoms with Gasteiger partial charge in [0.05, 0.1) is 0 Å². The van der Waals surface area contributed by atoms with E-state index in [1.807, 2.05) is 12.1 Å². The zero-order valence-electron chi connectivity index (χ0n) is 6.69. The van der Waals surface area contributed by atoms with Gasteiger partial charge in [-0.2, -0.15) is 0 Å². The lowest BCUT2D eigenvalue weighted by Gasteiger charge is -1.98. The summed E-state index contributed by atoms with van der Waals surface area (Å²) in [5, 5.41) is 8.05. The predicted molar refractivity (Wildman–Crippen MR) is 53.2 cm³/mol. The van der Waals surface area contributed by atoms with E-state index in [-0.39, 0.29) is 0 Å². The summed E-state index contributed by atoms with van der Waals surface area (Å²) in [6.07, 6.45) is 0. The van der Waals surface area contributed by atoms with Crippen molar-refractivity contribution in [3.8, 4) is 0 Å². The number of hydrogen-bond donors (Lipinski definition) is 1. The van der Waals surface area contributed by atoms with Crippen molar-refractivity contribution in [1.82, 2.24) is 0 Å². The summed E-state index contributed by atoms with van der Waals surface area (Å²) < 4.78 is 0. The summed E-state index contributed by atoms with van der Waals surface area (Å²) >= 11 is 0. The fraction of sp³-hybridized carbons (Fsp3) is 0.250. The van der Waals surface area contributed by atoms with Crippen LogP contribution in [0.15, 0.2) is 29.2 Å². The van der Waals surface area contributed by atoms with Crippen molar-refractivity contribution in [2.24, 2.45) is 0 Å². The molecule has 4 heteroatoms. The van der Waals surface area contributed by atoms with Gasteiger partial charge in [-0.25, -0.2) is 4.89 Å². The summed E-state index contributed by atoms with van der Waals surface area (Å²) in [7, 11) is 3.04. The highest BCUT2D eigenvalue weighted by Gasteiger charge is 1.93. The molecule has 0 aliphatic heterocycles. The van der Waals surface area contributed by atoms with E-state index in [1.54, 1.807) is 10.8 Å². The second-order valence-electron chi connectivity index (χ2n) is 2.26. The molecule has 12 heavy (non-hydrogen) atoms. The normalized spacial score (nSPS) is 10.2. The Morgan fingerprint density at radius 2 is 2.00 bits per heavy atom. The highest BCUT2D eigenvalue weighted by molar-refractivity contribution is 8.76. The molecule has 1 rings (SSSR count). The van der Waals surface area contributed by atoms with Crippen LogP contribution in [0, 0.1) is 6.92 Å². The lowest BCUT2D eigenvalue weighted by Crippen LogP contribution is -1.77. The molecule has 0 bridgehead atoms. The van der Waals surface area contributed by atoms with Crippen LogP contribution in [-0.2, 0) is 4.89 Å². The molecule has 2 nitrogen and oxygen atoms in total. The number of hydrogen-bond acceptors (Lipinski definition) is 4. The fourth-order valence-electron chi connectivity index (χ4n) is 0.707. The summed E-state index contributed by atoms with van der Waals surface area (Å²) in [5.74, 6) is 0.290. The smallest absolute Gasteiger partial charge is 0.138 e. The number of aryl methyl sites for hydroxylation is 1. The minimum absolute atomic E-state index is 0.290. The van der Waals surface area contributed by atoms with Gasteiger partial charge in [-0.15, -0.1) is 0 Å². The standard InChI is InChI=1S/C8H10O2S2/c1-7-2-4-8(5-3-7)12-11-6-10-9/h2-5,9H,6H2,1H3. The van der Waals surface area contributed by atoms with Crippen molar-refractivity contribution in [2.45, 2.75) is 11.8 Å². The molecule has 0 spiro atoms. The largest absolute Gasteiger partial charge is 0.251 e. The Morgan fingerprint density at radius 3 is 2.58 bits per heavy atom. The summed E-state index contributed by atoms with van der Waals surface area (Å²) in [6, 6.07) is 8.21. The first-order valence-corrected chi connectivity index (χ1v) is 5.77. The first-order chi connectivity index (χ1) is 5.83. The van der Waals surface area contributed by atoms with Crippen LogP contribution in [0.1, 0.15) is 5.56 Å². The van der Waals surface area contributed by atoms with Crippen LogP contribution in [0.4, 0.5) is 0 Å². The quantitative estimate of drug-likeness (QED) is 0.267. The van der Waals surface area contributed by atoms with Gasteiger partial charge in [-0.05, 0) is 19.1 Å². The van der Waals surface area contributed by atoms with Gasteiger partial charge in [0.25, 0.3) is 0 Å². The second kappa shape index (κ2) is 5.48. The molecule has 66 valence electrons. The van der Waals surface area contributed by atoms with Crippen LogP contribution in [0.3, 0.4) is 0 Å². The van der Waals surface area contributed by atoms with Crippen molar-refractivity contribution >= 4 is 21.6 Å². The average Bonchev–Trinajstić information content (AvgIpc) is 2.09. The van der Waals surface area contributed by atoms with E-state index in [0.29, 0.717) is 5.94 Å². The molecule has 0 radical (unpaired) electrons. The second-order valence-corrected chi connectivity index (χ2v) is 4.58. The number of rotatable bonds is 4. The molecular weight excluding hydrogens is 192 g/mol. The van der Waals surface area contributed by atoms with Crippen LogP contribution in [0.5, 0.6) is 0 Å². The molecule has 1 N–H and O–H groups in total. The minimum atomic E-state index is 0.290. The molecule has 0 atom stereocenters. The van der Waals surface area contributed by atoms with E-state index < -0.39 is 0 Å². The highest BCUT2D eigenvalue weighted by atomic mass is 33.1. The maximum Gasteiger partial charge on any atom is 0.138 e. The molecule has 0 heterocycles. The van der Waals surface area contributed by atoms with E-state index in [2.05, 4.69) is 23.9 Å².